The highest BCUT2D eigenvalue weighted by atomic mass is 32.1. The van der Waals surface area contributed by atoms with E-state index in [0.717, 1.165) is 12.8 Å². The third-order valence-electron chi connectivity index (χ3n) is 3.15. The van der Waals surface area contributed by atoms with Gasteiger partial charge in [0.2, 0.25) is 0 Å². The highest BCUT2D eigenvalue weighted by molar-refractivity contribution is 7.71. The van der Waals surface area contributed by atoms with E-state index in [9.17, 15) is 4.79 Å². The van der Waals surface area contributed by atoms with Crippen molar-refractivity contribution in [3.05, 3.63) is 64.4 Å². The normalized spacial score (nSPS) is 11.8. The second-order valence-corrected chi connectivity index (χ2v) is 5.22. The predicted molar refractivity (Wildman–Crippen MR) is 83.3 cm³/mol. The molecule has 1 atom stereocenters. The van der Waals surface area contributed by atoms with E-state index < -0.39 is 0 Å². The highest BCUT2D eigenvalue weighted by Gasteiger charge is 2.11. The van der Waals surface area contributed by atoms with E-state index in [4.69, 9.17) is 12.2 Å². The number of hydrogen-bond donors (Lipinski definition) is 2. The van der Waals surface area contributed by atoms with E-state index in [0.29, 0.717) is 10.2 Å². The van der Waals surface area contributed by atoms with Crippen LogP contribution in [0.2, 0.25) is 0 Å². The lowest BCUT2D eigenvalue weighted by molar-refractivity contribution is 0.0937. The summed E-state index contributed by atoms with van der Waals surface area (Å²) in [6, 6.07) is 13.9. The number of amides is 1. The Bertz CT molecular complexity index is 622. The highest BCUT2D eigenvalue weighted by Crippen LogP contribution is 2.06. The zero-order valence-corrected chi connectivity index (χ0v) is 12.2. The molecule has 0 aliphatic carbocycles. The van der Waals surface area contributed by atoms with Crippen LogP contribution < -0.4 is 5.32 Å². The molecule has 1 amide bonds. The topological polar surface area (TPSA) is 44.9 Å². The Kier molecular flexibility index (Phi) is 5.07. The van der Waals surface area contributed by atoms with Crippen molar-refractivity contribution in [2.24, 2.45) is 0 Å². The molecule has 0 saturated carbocycles. The fourth-order valence-electron chi connectivity index (χ4n) is 2.00. The molecular weight excluding hydrogens is 268 g/mol. The second-order valence-electron chi connectivity index (χ2n) is 4.81. The van der Waals surface area contributed by atoms with E-state index in [2.05, 4.69) is 22.4 Å². The molecule has 20 heavy (non-hydrogen) atoms. The van der Waals surface area contributed by atoms with Gasteiger partial charge in [-0.25, -0.2) is 0 Å². The number of H-pyrrole nitrogens is 1. The standard InChI is InChI=1S/C16H18N2OS/c1-12(9-10-13-6-3-2-4-7-13)18-15(19)14-8-5-11-17-16(14)20/h2-8,11-12H,9-10H2,1H3,(H,17,20)(H,18,19)/t12-/m0/s1. The maximum Gasteiger partial charge on any atom is 0.254 e. The number of aromatic nitrogens is 1. The number of pyridine rings is 1. The fourth-order valence-corrected chi connectivity index (χ4v) is 2.23. The number of hydrogen-bond acceptors (Lipinski definition) is 2. The quantitative estimate of drug-likeness (QED) is 0.826. The van der Waals surface area contributed by atoms with Crippen LogP contribution in [0, 0.1) is 4.64 Å². The fraction of sp³-hybridized carbons (Fsp3) is 0.250. The molecule has 0 aliphatic rings. The molecule has 3 nitrogen and oxygen atoms in total. The first kappa shape index (κ1) is 14.5. The van der Waals surface area contributed by atoms with Crippen LogP contribution in [0.5, 0.6) is 0 Å². The lowest BCUT2D eigenvalue weighted by Crippen LogP contribution is -2.33. The number of rotatable bonds is 5. The number of aryl methyl sites for hydroxylation is 1. The van der Waals surface area contributed by atoms with Crippen LogP contribution >= 0.6 is 12.2 Å². The third kappa shape index (κ3) is 4.03. The summed E-state index contributed by atoms with van der Waals surface area (Å²) in [5.41, 5.74) is 1.81. The van der Waals surface area contributed by atoms with E-state index in [1.165, 1.54) is 5.56 Å². The van der Waals surface area contributed by atoms with Gasteiger partial charge in [0.05, 0.1) is 5.56 Å². The molecule has 0 aliphatic heterocycles. The van der Waals surface area contributed by atoms with Gasteiger partial charge in [0.15, 0.2) is 0 Å². The average Bonchev–Trinajstić information content (AvgIpc) is 2.46. The Morgan fingerprint density at radius 1 is 1.25 bits per heavy atom. The monoisotopic (exact) mass is 286 g/mol. The van der Waals surface area contributed by atoms with Crippen molar-refractivity contribution in [3.8, 4) is 0 Å². The molecule has 104 valence electrons. The van der Waals surface area contributed by atoms with Crippen molar-refractivity contribution in [1.82, 2.24) is 10.3 Å². The Morgan fingerprint density at radius 3 is 2.70 bits per heavy atom. The smallest absolute Gasteiger partial charge is 0.254 e. The van der Waals surface area contributed by atoms with Crippen LogP contribution in [0.4, 0.5) is 0 Å². The third-order valence-corrected chi connectivity index (χ3v) is 3.49. The number of benzene rings is 1. The van der Waals surface area contributed by atoms with Crippen LogP contribution in [0.1, 0.15) is 29.3 Å². The number of aromatic amines is 1. The van der Waals surface area contributed by atoms with Gasteiger partial charge in [-0.3, -0.25) is 4.79 Å². The van der Waals surface area contributed by atoms with Gasteiger partial charge in [-0.2, -0.15) is 0 Å². The minimum absolute atomic E-state index is 0.109. The molecule has 1 heterocycles. The summed E-state index contributed by atoms with van der Waals surface area (Å²) >= 11 is 5.11. The zero-order valence-electron chi connectivity index (χ0n) is 11.4. The van der Waals surface area contributed by atoms with E-state index in [1.807, 2.05) is 25.1 Å². The summed E-state index contributed by atoms with van der Waals surface area (Å²) in [4.78, 5) is 15.0. The number of carbonyl (C=O) groups excluding carboxylic acids is 1. The van der Waals surface area contributed by atoms with Gasteiger partial charge in [-0.1, -0.05) is 42.5 Å². The molecule has 0 radical (unpaired) electrons. The van der Waals surface area contributed by atoms with Crippen molar-refractivity contribution in [3.63, 3.8) is 0 Å². The lowest BCUT2D eigenvalue weighted by Gasteiger charge is -2.13. The first-order valence-corrected chi connectivity index (χ1v) is 7.10. The number of nitrogens with one attached hydrogen (secondary N) is 2. The van der Waals surface area contributed by atoms with Crippen LogP contribution in [-0.2, 0) is 6.42 Å². The van der Waals surface area contributed by atoms with E-state index >= 15 is 0 Å². The summed E-state index contributed by atoms with van der Waals surface area (Å²) in [7, 11) is 0. The molecule has 4 heteroatoms. The average molecular weight is 286 g/mol. The molecule has 0 spiro atoms. The first-order valence-electron chi connectivity index (χ1n) is 6.69. The SMILES string of the molecule is C[C@@H](CCc1ccccc1)NC(=O)c1ccc[nH]c1=S. The largest absolute Gasteiger partial charge is 0.352 e. The molecule has 1 aromatic carbocycles. The molecule has 1 aromatic heterocycles. The molecule has 0 unspecified atom stereocenters. The van der Waals surface area contributed by atoms with Crippen molar-refractivity contribution < 1.29 is 4.79 Å². The molecule has 2 rings (SSSR count). The van der Waals surface area contributed by atoms with Crippen molar-refractivity contribution >= 4 is 18.1 Å². The van der Waals surface area contributed by atoms with Gasteiger partial charge in [0.1, 0.15) is 4.64 Å². The molecule has 0 bridgehead atoms. The van der Waals surface area contributed by atoms with Crippen molar-refractivity contribution in [1.29, 1.82) is 0 Å². The van der Waals surface area contributed by atoms with Crippen LogP contribution in [0.3, 0.4) is 0 Å². The zero-order chi connectivity index (χ0) is 14.4. The van der Waals surface area contributed by atoms with Crippen LogP contribution in [0.15, 0.2) is 48.7 Å². The summed E-state index contributed by atoms with van der Waals surface area (Å²) in [6.07, 6.45) is 3.57. The Labute approximate surface area is 124 Å². The Hall–Kier alpha value is -1.94. The second kappa shape index (κ2) is 7.01. The number of carbonyl (C=O) groups is 1. The van der Waals surface area contributed by atoms with Gasteiger partial charge < -0.3 is 10.3 Å². The van der Waals surface area contributed by atoms with Gasteiger partial charge in [0, 0.05) is 12.2 Å². The van der Waals surface area contributed by atoms with E-state index in [-0.39, 0.29) is 11.9 Å². The summed E-state index contributed by atoms with van der Waals surface area (Å²) in [5.74, 6) is -0.118. The van der Waals surface area contributed by atoms with E-state index in [1.54, 1.807) is 18.3 Å². The minimum Gasteiger partial charge on any atom is -0.352 e. The lowest BCUT2D eigenvalue weighted by atomic mass is 10.1. The van der Waals surface area contributed by atoms with Crippen molar-refractivity contribution in [2.45, 2.75) is 25.8 Å². The maximum atomic E-state index is 12.1. The van der Waals surface area contributed by atoms with Crippen LogP contribution in [0.25, 0.3) is 0 Å². The van der Waals surface area contributed by atoms with Gasteiger partial charge in [-0.15, -0.1) is 0 Å². The minimum atomic E-state index is -0.118. The van der Waals surface area contributed by atoms with Crippen LogP contribution in [-0.4, -0.2) is 16.9 Å². The maximum absolute atomic E-state index is 12.1. The van der Waals surface area contributed by atoms with Crippen molar-refractivity contribution in [2.75, 3.05) is 0 Å². The predicted octanol–water partition coefficient (Wildman–Crippen LogP) is 3.50. The molecular formula is C16H18N2OS. The summed E-state index contributed by atoms with van der Waals surface area (Å²) in [6.45, 7) is 2.01. The Balaban J connectivity index is 1.89. The van der Waals surface area contributed by atoms with Gasteiger partial charge in [0.25, 0.3) is 5.91 Å². The molecule has 0 saturated heterocycles. The summed E-state index contributed by atoms with van der Waals surface area (Å²) < 4.78 is 0.472. The van der Waals surface area contributed by atoms with Gasteiger partial charge in [-0.05, 0) is 37.5 Å². The molecule has 2 N–H and O–H groups in total. The van der Waals surface area contributed by atoms with Gasteiger partial charge >= 0.3 is 0 Å². The first-order chi connectivity index (χ1) is 9.66. The molecule has 2 aromatic rings. The Morgan fingerprint density at radius 2 is 2.00 bits per heavy atom. The molecule has 0 fully saturated rings. The summed E-state index contributed by atoms with van der Waals surface area (Å²) in [5, 5.41) is 2.98.